The van der Waals surface area contributed by atoms with E-state index in [1.165, 1.54) is 6.07 Å². The molecule has 5 nitrogen and oxygen atoms in total. The summed E-state index contributed by atoms with van der Waals surface area (Å²) in [6.07, 6.45) is -4.53. The van der Waals surface area contributed by atoms with Crippen LogP contribution in [0.15, 0.2) is 42.5 Å². The van der Waals surface area contributed by atoms with Gasteiger partial charge < -0.3 is 20.5 Å². The number of nitrogens with two attached hydrogens (primary N) is 1. The number of nitrogens with one attached hydrogen (secondary N) is 1. The van der Waals surface area contributed by atoms with Crippen LogP contribution in [-0.2, 0) is 17.5 Å². The number of anilines is 1. The van der Waals surface area contributed by atoms with Crippen LogP contribution in [0.2, 0.25) is 0 Å². The van der Waals surface area contributed by atoms with E-state index in [4.69, 9.17) is 15.2 Å². The Hall–Kier alpha value is -2.74. The molecule has 0 saturated heterocycles. The van der Waals surface area contributed by atoms with Crippen LogP contribution in [0.1, 0.15) is 18.1 Å². The predicted octanol–water partition coefficient (Wildman–Crippen LogP) is 3.58. The highest BCUT2D eigenvalue weighted by Crippen LogP contribution is 2.32. The van der Waals surface area contributed by atoms with Crippen molar-refractivity contribution in [3.63, 3.8) is 0 Å². The SMILES string of the molecule is CCOc1ccccc1OCC(=O)Nc1cc(CN)cc(C(F)(F)F)c1. The Balaban J connectivity index is 2.06. The number of carbonyl (C=O) groups is 1. The highest BCUT2D eigenvalue weighted by atomic mass is 19.4. The van der Waals surface area contributed by atoms with Crippen LogP contribution in [0.5, 0.6) is 11.5 Å². The van der Waals surface area contributed by atoms with Crippen LogP contribution in [0.3, 0.4) is 0 Å². The van der Waals surface area contributed by atoms with Gasteiger partial charge in [0.05, 0.1) is 12.2 Å². The van der Waals surface area contributed by atoms with E-state index in [1.54, 1.807) is 24.3 Å². The highest BCUT2D eigenvalue weighted by Gasteiger charge is 2.31. The molecular weight excluding hydrogens is 349 g/mol. The van der Waals surface area contributed by atoms with Gasteiger partial charge in [-0.15, -0.1) is 0 Å². The molecule has 3 N–H and O–H groups in total. The fourth-order valence-electron chi connectivity index (χ4n) is 2.23. The molecule has 0 fully saturated rings. The van der Waals surface area contributed by atoms with Gasteiger partial charge in [0, 0.05) is 12.2 Å². The van der Waals surface area contributed by atoms with E-state index in [0.29, 0.717) is 18.1 Å². The molecular formula is C18H19F3N2O3. The number of rotatable bonds is 7. The second-order valence-electron chi connectivity index (χ2n) is 5.34. The Morgan fingerprint density at radius 1 is 1.12 bits per heavy atom. The minimum atomic E-state index is -4.53. The first-order chi connectivity index (χ1) is 12.3. The molecule has 0 aliphatic heterocycles. The summed E-state index contributed by atoms with van der Waals surface area (Å²) in [5.74, 6) is 0.252. The number of alkyl halides is 3. The molecule has 0 bridgehead atoms. The lowest BCUT2D eigenvalue weighted by molar-refractivity contribution is -0.137. The first-order valence-corrected chi connectivity index (χ1v) is 7.89. The molecule has 2 aromatic rings. The molecule has 1 amide bonds. The van der Waals surface area contributed by atoms with Crippen LogP contribution in [0, 0.1) is 0 Å². The minimum absolute atomic E-state index is 0.00645. The first kappa shape index (κ1) is 19.6. The van der Waals surface area contributed by atoms with E-state index in [9.17, 15) is 18.0 Å². The average molecular weight is 368 g/mol. The number of amides is 1. The summed E-state index contributed by atoms with van der Waals surface area (Å²) in [5, 5.41) is 2.39. The molecule has 0 radical (unpaired) electrons. The van der Waals surface area contributed by atoms with Gasteiger partial charge in [-0.25, -0.2) is 0 Å². The monoisotopic (exact) mass is 368 g/mol. The van der Waals surface area contributed by atoms with Crippen LogP contribution in [0.25, 0.3) is 0 Å². The second-order valence-corrected chi connectivity index (χ2v) is 5.34. The molecule has 0 aliphatic carbocycles. The fraction of sp³-hybridized carbons (Fsp3) is 0.278. The van der Waals surface area contributed by atoms with Crippen LogP contribution in [0.4, 0.5) is 18.9 Å². The summed E-state index contributed by atoms with van der Waals surface area (Å²) in [5.41, 5.74) is 4.81. The van der Waals surface area contributed by atoms with Gasteiger partial charge in [-0.1, -0.05) is 12.1 Å². The number of carbonyl (C=O) groups excluding carboxylic acids is 1. The van der Waals surface area contributed by atoms with Crippen molar-refractivity contribution in [3.8, 4) is 11.5 Å². The van der Waals surface area contributed by atoms with Crippen molar-refractivity contribution in [1.29, 1.82) is 0 Å². The Kier molecular flexibility index (Phi) is 6.46. The number of ether oxygens (including phenoxy) is 2. The molecule has 8 heteroatoms. The predicted molar refractivity (Wildman–Crippen MR) is 91.1 cm³/mol. The summed E-state index contributed by atoms with van der Waals surface area (Å²) in [6.45, 7) is 1.79. The Morgan fingerprint density at radius 2 is 1.77 bits per heavy atom. The lowest BCUT2D eigenvalue weighted by Crippen LogP contribution is -2.21. The van der Waals surface area contributed by atoms with Crippen molar-refractivity contribution in [2.75, 3.05) is 18.5 Å². The standard InChI is InChI=1S/C18H19F3N2O3/c1-2-25-15-5-3-4-6-16(15)26-11-17(24)23-14-8-12(10-22)7-13(9-14)18(19,20)21/h3-9H,2,10-11,22H2,1H3,(H,23,24). The maximum atomic E-state index is 12.9. The highest BCUT2D eigenvalue weighted by molar-refractivity contribution is 5.92. The zero-order valence-electron chi connectivity index (χ0n) is 14.1. The zero-order chi connectivity index (χ0) is 19.2. The molecule has 2 aromatic carbocycles. The maximum absolute atomic E-state index is 12.9. The lowest BCUT2D eigenvalue weighted by atomic mass is 10.1. The molecule has 0 unspecified atom stereocenters. The van der Waals surface area contributed by atoms with Crippen molar-refractivity contribution < 1.29 is 27.4 Å². The summed E-state index contributed by atoms with van der Waals surface area (Å²) >= 11 is 0. The summed E-state index contributed by atoms with van der Waals surface area (Å²) in [6, 6.07) is 9.99. The smallest absolute Gasteiger partial charge is 0.416 e. The Labute approximate surface area is 148 Å². The van der Waals surface area contributed by atoms with Gasteiger partial charge in [-0.3, -0.25) is 4.79 Å². The van der Waals surface area contributed by atoms with Gasteiger partial charge in [0.2, 0.25) is 0 Å². The van der Waals surface area contributed by atoms with Crippen molar-refractivity contribution in [3.05, 3.63) is 53.6 Å². The fourth-order valence-corrected chi connectivity index (χ4v) is 2.23. The molecule has 0 heterocycles. The molecule has 0 aliphatic rings. The topological polar surface area (TPSA) is 73.6 Å². The lowest BCUT2D eigenvalue weighted by Gasteiger charge is -2.14. The summed E-state index contributed by atoms with van der Waals surface area (Å²) in [4.78, 5) is 12.0. The molecule has 140 valence electrons. The third-order valence-corrected chi connectivity index (χ3v) is 3.35. The molecule has 26 heavy (non-hydrogen) atoms. The quantitative estimate of drug-likeness (QED) is 0.783. The normalized spacial score (nSPS) is 11.1. The number of para-hydroxylation sites is 2. The third kappa shape index (κ3) is 5.38. The Morgan fingerprint density at radius 3 is 2.35 bits per heavy atom. The zero-order valence-corrected chi connectivity index (χ0v) is 14.1. The van der Waals surface area contributed by atoms with Crippen molar-refractivity contribution in [2.24, 2.45) is 5.73 Å². The van der Waals surface area contributed by atoms with E-state index in [1.807, 2.05) is 6.92 Å². The number of hydrogen-bond acceptors (Lipinski definition) is 4. The van der Waals surface area contributed by atoms with Crippen molar-refractivity contribution in [1.82, 2.24) is 0 Å². The summed E-state index contributed by atoms with van der Waals surface area (Å²) < 4.78 is 49.5. The van der Waals surface area contributed by atoms with Gasteiger partial charge >= 0.3 is 6.18 Å². The van der Waals surface area contributed by atoms with Crippen molar-refractivity contribution in [2.45, 2.75) is 19.6 Å². The van der Waals surface area contributed by atoms with Gasteiger partial charge in [0.15, 0.2) is 18.1 Å². The van der Waals surface area contributed by atoms with Crippen LogP contribution < -0.4 is 20.5 Å². The third-order valence-electron chi connectivity index (χ3n) is 3.35. The number of benzene rings is 2. The number of hydrogen-bond donors (Lipinski definition) is 2. The van der Waals surface area contributed by atoms with E-state index in [2.05, 4.69) is 5.32 Å². The molecule has 2 rings (SSSR count). The average Bonchev–Trinajstić information content (AvgIpc) is 2.60. The minimum Gasteiger partial charge on any atom is -0.490 e. The largest absolute Gasteiger partial charge is 0.490 e. The van der Waals surface area contributed by atoms with Gasteiger partial charge in [0.25, 0.3) is 5.91 Å². The summed E-state index contributed by atoms with van der Waals surface area (Å²) in [7, 11) is 0. The molecule has 0 atom stereocenters. The Bertz CT molecular complexity index is 764. The maximum Gasteiger partial charge on any atom is 0.416 e. The van der Waals surface area contributed by atoms with Crippen LogP contribution >= 0.6 is 0 Å². The van der Waals surface area contributed by atoms with E-state index in [-0.39, 0.29) is 24.4 Å². The molecule has 0 aromatic heterocycles. The van der Waals surface area contributed by atoms with Gasteiger partial charge in [0.1, 0.15) is 0 Å². The van der Waals surface area contributed by atoms with Gasteiger partial charge in [-0.2, -0.15) is 13.2 Å². The molecule has 0 saturated carbocycles. The van der Waals surface area contributed by atoms with E-state index >= 15 is 0 Å². The van der Waals surface area contributed by atoms with E-state index < -0.39 is 17.6 Å². The van der Waals surface area contributed by atoms with Crippen molar-refractivity contribution >= 4 is 11.6 Å². The number of halogens is 3. The molecule has 0 spiro atoms. The van der Waals surface area contributed by atoms with Gasteiger partial charge in [-0.05, 0) is 42.8 Å². The first-order valence-electron chi connectivity index (χ1n) is 7.89. The van der Waals surface area contributed by atoms with Crippen LogP contribution in [-0.4, -0.2) is 19.1 Å². The second kappa shape index (κ2) is 8.57. The van der Waals surface area contributed by atoms with E-state index in [0.717, 1.165) is 12.1 Å².